The first-order valence-electron chi connectivity index (χ1n) is 3.59. The zero-order chi connectivity index (χ0) is 10.6. The van der Waals surface area contributed by atoms with E-state index in [1.54, 1.807) is 6.07 Å². The Morgan fingerprint density at radius 3 is 2.93 bits per heavy atom. The van der Waals surface area contributed by atoms with Crippen LogP contribution >= 0.6 is 11.6 Å². The van der Waals surface area contributed by atoms with Crippen molar-refractivity contribution < 1.29 is 9.66 Å². The number of benzene rings is 1. The van der Waals surface area contributed by atoms with Crippen LogP contribution in [0, 0.1) is 21.4 Å². The molecule has 0 aliphatic rings. The highest BCUT2D eigenvalue weighted by molar-refractivity contribution is 6.32. The van der Waals surface area contributed by atoms with Gasteiger partial charge in [0.2, 0.25) is 0 Å². The Balaban J connectivity index is 2.97. The van der Waals surface area contributed by atoms with Crippen molar-refractivity contribution in [1.29, 1.82) is 5.26 Å². The molecule has 1 rings (SSSR count). The fraction of sp³-hybridized carbons (Fsp3) is 0.125. The second kappa shape index (κ2) is 4.44. The van der Waals surface area contributed by atoms with Gasteiger partial charge in [0.05, 0.1) is 16.0 Å². The van der Waals surface area contributed by atoms with Crippen LogP contribution in [-0.4, -0.2) is 11.5 Å². The van der Waals surface area contributed by atoms with Crippen LogP contribution in [-0.2, 0) is 0 Å². The molecule has 0 saturated carbocycles. The van der Waals surface area contributed by atoms with Crippen LogP contribution < -0.4 is 4.74 Å². The van der Waals surface area contributed by atoms with Gasteiger partial charge in [-0.05, 0) is 6.07 Å². The van der Waals surface area contributed by atoms with Crippen LogP contribution in [0.1, 0.15) is 0 Å². The Morgan fingerprint density at radius 2 is 2.36 bits per heavy atom. The third kappa shape index (κ3) is 2.34. The van der Waals surface area contributed by atoms with E-state index in [0.717, 1.165) is 0 Å². The van der Waals surface area contributed by atoms with Gasteiger partial charge in [0.1, 0.15) is 11.8 Å². The lowest BCUT2D eigenvalue weighted by Crippen LogP contribution is -1.95. The standard InChI is InChI=1S/C8H5ClN2O3/c9-7-2-1-6(11(12)13)5-8(7)14-4-3-10/h1-2,5H,4H2. The molecule has 0 amide bonds. The second-order valence-corrected chi connectivity index (χ2v) is 2.73. The highest BCUT2D eigenvalue weighted by atomic mass is 35.5. The number of ether oxygens (including phenoxy) is 1. The van der Waals surface area contributed by atoms with Crippen molar-refractivity contribution >= 4 is 17.3 Å². The predicted molar refractivity (Wildman–Crippen MR) is 49.2 cm³/mol. The quantitative estimate of drug-likeness (QED) is 0.568. The smallest absolute Gasteiger partial charge is 0.273 e. The molecule has 0 N–H and O–H groups in total. The van der Waals surface area contributed by atoms with E-state index < -0.39 is 4.92 Å². The van der Waals surface area contributed by atoms with Crippen molar-refractivity contribution in [2.24, 2.45) is 0 Å². The van der Waals surface area contributed by atoms with Crippen LogP contribution in [0.5, 0.6) is 5.75 Å². The van der Waals surface area contributed by atoms with Gasteiger partial charge in [-0.2, -0.15) is 5.26 Å². The van der Waals surface area contributed by atoms with Crippen LogP contribution in [0.4, 0.5) is 5.69 Å². The summed E-state index contributed by atoms with van der Waals surface area (Å²) < 4.78 is 4.88. The molecule has 0 fully saturated rings. The van der Waals surface area contributed by atoms with Gasteiger partial charge in [-0.15, -0.1) is 0 Å². The highest BCUT2D eigenvalue weighted by Gasteiger charge is 2.10. The number of hydrogen-bond acceptors (Lipinski definition) is 4. The molecule has 0 aromatic heterocycles. The number of nitriles is 1. The molecule has 72 valence electrons. The summed E-state index contributed by atoms with van der Waals surface area (Å²) in [7, 11) is 0. The zero-order valence-corrected chi connectivity index (χ0v) is 7.69. The summed E-state index contributed by atoms with van der Waals surface area (Å²) in [5.41, 5.74) is -0.123. The molecule has 1 aromatic rings. The van der Waals surface area contributed by atoms with Gasteiger partial charge in [0.25, 0.3) is 5.69 Å². The fourth-order valence-corrected chi connectivity index (χ4v) is 0.998. The number of nitro groups is 1. The molecule has 1 aromatic carbocycles. The number of non-ortho nitro benzene ring substituents is 1. The molecule has 0 atom stereocenters. The molecule has 0 heterocycles. The molecule has 0 unspecified atom stereocenters. The van der Waals surface area contributed by atoms with Crippen LogP contribution in [0.3, 0.4) is 0 Å². The highest BCUT2D eigenvalue weighted by Crippen LogP contribution is 2.28. The van der Waals surface area contributed by atoms with Crippen molar-refractivity contribution in [1.82, 2.24) is 0 Å². The Labute approximate surface area is 84.6 Å². The first-order valence-corrected chi connectivity index (χ1v) is 3.96. The molecule has 0 radical (unpaired) electrons. The second-order valence-electron chi connectivity index (χ2n) is 2.32. The van der Waals surface area contributed by atoms with Gasteiger partial charge in [-0.1, -0.05) is 11.6 Å². The molecular formula is C8H5ClN2O3. The summed E-state index contributed by atoms with van der Waals surface area (Å²) in [6, 6.07) is 5.54. The largest absolute Gasteiger partial charge is 0.477 e. The van der Waals surface area contributed by atoms with Gasteiger partial charge in [-0.3, -0.25) is 10.1 Å². The van der Waals surface area contributed by atoms with E-state index in [9.17, 15) is 10.1 Å². The Hall–Kier alpha value is -1.80. The summed E-state index contributed by atoms with van der Waals surface area (Å²) in [4.78, 5) is 9.82. The average Bonchev–Trinajstić information content (AvgIpc) is 2.16. The summed E-state index contributed by atoms with van der Waals surface area (Å²) >= 11 is 5.68. The molecule has 0 bridgehead atoms. The molecule has 6 heteroatoms. The maximum Gasteiger partial charge on any atom is 0.273 e. The van der Waals surface area contributed by atoms with Gasteiger partial charge in [-0.25, -0.2) is 0 Å². The predicted octanol–water partition coefficient (Wildman–Crippen LogP) is 2.15. The molecule has 14 heavy (non-hydrogen) atoms. The lowest BCUT2D eigenvalue weighted by Gasteiger charge is -2.02. The van der Waals surface area contributed by atoms with Crippen molar-refractivity contribution in [2.45, 2.75) is 0 Å². The number of nitrogens with zero attached hydrogens (tertiary/aromatic N) is 2. The summed E-state index contributed by atoms with van der Waals surface area (Å²) in [6.07, 6.45) is 0. The third-order valence-corrected chi connectivity index (χ3v) is 1.73. The molecule has 0 spiro atoms. The van der Waals surface area contributed by atoms with E-state index in [1.165, 1.54) is 18.2 Å². The molecule has 0 aliphatic heterocycles. The summed E-state index contributed by atoms with van der Waals surface area (Å²) in [6.45, 7) is -0.194. The molecular weight excluding hydrogens is 208 g/mol. The topological polar surface area (TPSA) is 76.2 Å². The van der Waals surface area contributed by atoms with E-state index in [-0.39, 0.29) is 23.1 Å². The van der Waals surface area contributed by atoms with E-state index in [0.29, 0.717) is 0 Å². The van der Waals surface area contributed by atoms with Gasteiger partial charge in [0, 0.05) is 6.07 Å². The maximum absolute atomic E-state index is 10.4. The number of halogens is 1. The zero-order valence-electron chi connectivity index (χ0n) is 6.94. The molecule has 0 aliphatic carbocycles. The van der Waals surface area contributed by atoms with Crippen molar-refractivity contribution in [3.05, 3.63) is 33.3 Å². The SMILES string of the molecule is N#CCOc1cc([N+](=O)[O-])ccc1Cl. The van der Waals surface area contributed by atoms with E-state index >= 15 is 0 Å². The van der Waals surface area contributed by atoms with E-state index in [1.807, 2.05) is 0 Å². The number of hydrogen-bond donors (Lipinski definition) is 0. The van der Waals surface area contributed by atoms with Gasteiger partial charge in [0.15, 0.2) is 6.61 Å². The Kier molecular flexibility index (Phi) is 3.26. The lowest BCUT2D eigenvalue weighted by atomic mass is 10.3. The minimum atomic E-state index is -0.560. The van der Waals surface area contributed by atoms with Crippen LogP contribution in [0.15, 0.2) is 18.2 Å². The number of rotatable bonds is 3. The van der Waals surface area contributed by atoms with Gasteiger partial charge < -0.3 is 4.74 Å². The Morgan fingerprint density at radius 1 is 1.64 bits per heavy atom. The monoisotopic (exact) mass is 212 g/mol. The summed E-state index contributed by atoms with van der Waals surface area (Å²) in [5, 5.41) is 18.9. The van der Waals surface area contributed by atoms with Crippen molar-refractivity contribution in [3.8, 4) is 11.8 Å². The van der Waals surface area contributed by atoms with Crippen LogP contribution in [0.25, 0.3) is 0 Å². The summed E-state index contributed by atoms with van der Waals surface area (Å²) in [5.74, 6) is 0.141. The normalized spacial score (nSPS) is 9.14. The van der Waals surface area contributed by atoms with Gasteiger partial charge >= 0.3 is 0 Å². The maximum atomic E-state index is 10.4. The minimum Gasteiger partial charge on any atom is -0.477 e. The van der Waals surface area contributed by atoms with Crippen LogP contribution in [0.2, 0.25) is 5.02 Å². The first kappa shape index (κ1) is 10.3. The van der Waals surface area contributed by atoms with Crippen molar-refractivity contribution in [3.63, 3.8) is 0 Å². The third-order valence-electron chi connectivity index (χ3n) is 1.42. The first-order chi connectivity index (χ1) is 6.65. The number of nitro benzene ring substituents is 1. The van der Waals surface area contributed by atoms with E-state index in [2.05, 4.69) is 0 Å². The van der Waals surface area contributed by atoms with Crippen molar-refractivity contribution in [2.75, 3.05) is 6.61 Å². The molecule has 5 nitrogen and oxygen atoms in total. The average molecular weight is 213 g/mol. The molecule has 0 saturated heterocycles. The Bertz CT molecular complexity index is 400. The minimum absolute atomic E-state index is 0.123. The van der Waals surface area contributed by atoms with E-state index in [4.69, 9.17) is 21.6 Å². The fourth-order valence-electron chi connectivity index (χ4n) is 0.826. The lowest BCUT2D eigenvalue weighted by molar-refractivity contribution is -0.384.